The molecular weight excluding hydrogens is 632 g/mol. The van der Waals surface area contributed by atoms with E-state index in [1.165, 1.54) is 11.3 Å². The highest BCUT2D eigenvalue weighted by Gasteiger charge is 2.16. The molecule has 0 aliphatic heterocycles. The summed E-state index contributed by atoms with van der Waals surface area (Å²) in [4.78, 5) is 29.9. The molecule has 184 valence electrons. The van der Waals surface area contributed by atoms with Crippen LogP contribution in [0.15, 0.2) is 72.1 Å². The van der Waals surface area contributed by atoms with E-state index < -0.39 is 5.97 Å². The van der Waals surface area contributed by atoms with Crippen LogP contribution in [0.5, 0.6) is 0 Å². The van der Waals surface area contributed by atoms with Gasteiger partial charge in [0.25, 0.3) is 5.91 Å². The molecule has 4 aromatic rings. The Balaban J connectivity index is 1.57. The average Bonchev–Trinajstić information content (AvgIpc) is 3.35. The highest BCUT2D eigenvalue weighted by atomic mass is 127. The average molecular weight is 652 g/mol. The minimum Gasteiger partial charge on any atom is -0.481 e. The van der Waals surface area contributed by atoms with Gasteiger partial charge in [-0.2, -0.15) is 0 Å². The summed E-state index contributed by atoms with van der Waals surface area (Å²) in [5, 5.41) is 15.1. The maximum absolute atomic E-state index is 12.3. The first-order chi connectivity index (χ1) is 17.3. The Hall–Kier alpha value is -2.66. The molecule has 0 unspecified atom stereocenters. The van der Waals surface area contributed by atoms with E-state index in [4.69, 9.17) is 33.3 Å². The second-order valence-electron chi connectivity index (χ2n) is 7.80. The molecule has 0 saturated carbocycles. The molecule has 4 rings (SSSR count). The molecule has 0 saturated heterocycles. The normalized spacial score (nSPS) is 10.8. The van der Waals surface area contributed by atoms with Crippen molar-refractivity contribution in [3.05, 3.63) is 96.9 Å². The predicted molar refractivity (Wildman–Crippen MR) is 154 cm³/mol. The smallest absolute Gasteiger partial charge is 0.305 e. The maximum atomic E-state index is 12.3. The zero-order valence-electron chi connectivity index (χ0n) is 18.7. The van der Waals surface area contributed by atoms with Gasteiger partial charge in [0.2, 0.25) is 0 Å². The number of carbonyl (C=O) groups excluding carboxylic acids is 1. The van der Waals surface area contributed by atoms with Crippen molar-refractivity contribution in [2.24, 2.45) is 0 Å². The summed E-state index contributed by atoms with van der Waals surface area (Å²) in [6.45, 7) is 0.623. The zero-order valence-corrected chi connectivity index (χ0v) is 23.2. The molecule has 1 aromatic heterocycles. The SMILES string of the molecule is O=C(O)CCNC(=O)c1ccc(CN(c2ccc(I)cc2)c2nc(-c3ccc(Cl)c(Cl)c3)cs2)cc1. The molecule has 2 N–H and O–H groups in total. The van der Waals surface area contributed by atoms with Crippen molar-refractivity contribution >= 4 is 79.8 Å². The number of rotatable bonds is 9. The number of amides is 1. The third kappa shape index (κ3) is 6.76. The van der Waals surface area contributed by atoms with Gasteiger partial charge in [-0.3, -0.25) is 9.59 Å². The monoisotopic (exact) mass is 651 g/mol. The molecular formula is C26H20Cl2IN3O3S. The molecule has 0 radical (unpaired) electrons. The van der Waals surface area contributed by atoms with E-state index in [9.17, 15) is 9.59 Å². The molecule has 1 heterocycles. The Labute approximate surface area is 236 Å². The van der Waals surface area contributed by atoms with E-state index in [0.29, 0.717) is 22.2 Å². The number of carboxylic acids is 1. The Morgan fingerprint density at radius 1 is 1.00 bits per heavy atom. The number of carbonyl (C=O) groups is 2. The Morgan fingerprint density at radius 2 is 1.72 bits per heavy atom. The van der Waals surface area contributed by atoms with E-state index >= 15 is 0 Å². The van der Waals surface area contributed by atoms with Crippen LogP contribution in [0.3, 0.4) is 0 Å². The number of hydrogen-bond donors (Lipinski definition) is 2. The Morgan fingerprint density at radius 3 is 2.39 bits per heavy atom. The zero-order chi connectivity index (χ0) is 25.7. The fraction of sp³-hybridized carbons (Fsp3) is 0.115. The summed E-state index contributed by atoms with van der Waals surface area (Å²) in [7, 11) is 0. The van der Waals surface area contributed by atoms with Crippen LogP contribution in [0.25, 0.3) is 11.3 Å². The van der Waals surface area contributed by atoms with E-state index in [-0.39, 0.29) is 18.9 Å². The molecule has 36 heavy (non-hydrogen) atoms. The van der Waals surface area contributed by atoms with Gasteiger partial charge in [0.05, 0.1) is 28.7 Å². The lowest BCUT2D eigenvalue weighted by atomic mass is 10.1. The summed E-state index contributed by atoms with van der Waals surface area (Å²) in [5.41, 5.74) is 4.13. The number of carboxylic acid groups (broad SMARTS) is 1. The quantitative estimate of drug-likeness (QED) is 0.186. The van der Waals surface area contributed by atoms with Crippen molar-refractivity contribution in [3.8, 4) is 11.3 Å². The largest absolute Gasteiger partial charge is 0.481 e. The second-order valence-corrected chi connectivity index (χ2v) is 10.7. The number of thiazole rings is 1. The Bertz CT molecular complexity index is 1380. The maximum Gasteiger partial charge on any atom is 0.305 e. The van der Waals surface area contributed by atoms with Crippen LogP contribution >= 0.6 is 57.1 Å². The minimum atomic E-state index is -0.953. The first kappa shape index (κ1) is 26.4. The lowest BCUT2D eigenvalue weighted by Gasteiger charge is -2.22. The number of anilines is 2. The fourth-order valence-corrected chi connectivity index (χ4v) is 4.91. The molecule has 0 fully saturated rings. The molecule has 0 aliphatic rings. The summed E-state index contributed by atoms with van der Waals surface area (Å²) >= 11 is 16.1. The first-order valence-corrected chi connectivity index (χ1v) is 13.5. The number of nitrogens with zero attached hydrogens (tertiary/aromatic N) is 2. The summed E-state index contributed by atoms with van der Waals surface area (Å²) in [6, 6.07) is 20.9. The van der Waals surface area contributed by atoms with Crippen molar-refractivity contribution in [2.45, 2.75) is 13.0 Å². The topological polar surface area (TPSA) is 82.5 Å². The number of nitrogens with one attached hydrogen (secondary N) is 1. The minimum absolute atomic E-state index is 0.0850. The highest BCUT2D eigenvalue weighted by molar-refractivity contribution is 14.1. The van der Waals surface area contributed by atoms with Gasteiger partial charge in [-0.15, -0.1) is 11.3 Å². The van der Waals surface area contributed by atoms with E-state index in [2.05, 4.69) is 32.8 Å². The predicted octanol–water partition coefficient (Wildman–Crippen LogP) is 7.26. The van der Waals surface area contributed by atoms with E-state index in [0.717, 1.165) is 31.2 Å². The van der Waals surface area contributed by atoms with Gasteiger partial charge in [0.15, 0.2) is 5.13 Å². The van der Waals surface area contributed by atoms with Crippen molar-refractivity contribution in [3.63, 3.8) is 0 Å². The van der Waals surface area contributed by atoms with Crippen LogP contribution in [0.4, 0.5) is 10.8 Å². The van der Waals surface area contributed by atoms with Crippen molar-refractivity contribution in [1.82, 2.24) is 10.3 Å². The number of aliphatic carboxylic acids is 1. The molecule has 0 bridgehead atoms. The number of hydrogen-bond acceptors (Lipinski definition) is 5. The van der Waals surface area contributed by atoms with Crippen molar-refractivity contribution in [2.75, 3.05) is 11.4 Å². The highest BCUT2D eigenvalue weighted by Crippen LogP contribution is 2.35. The number of halogens is 3. The van der Waals surface area contributed by atoms with Gasteiger partial charge in [-0.25, -0.2) is 4.98 Å². The van der Waals surface area contributed by atoms with Gasteiger partial charge in [0, 0.05) is 32.3 Å². The lowest BCUT2D eigenvalue weighted by molar-refractivity contribution is -0.136. The first-order valence-electron chi connectivity index (χ1n) is 10.8. The summed E-state index contributed by atoms with van der Waals surface area (Å²) in [5.74, 6) is -1.26. The van der Waals surface area contributed by atoms with Gasteiger partial charge in [0.1, 0.15) is 0 Å². The second kappa shape index (κ2) is 12.1. The molecule has 6 nitrogen and oxygen atoms in total. The molecule has 1 amide bonds. The molecule has 3 aromatic carbocycles. The van der Waals surface area contributed by atoms with Gasteiger partial charge < -0.3 is 15.3 Å². The van der Waals surface area contributed by atoms with Gasteiger partial charge >= 0.3 is 5.97 Å². The lowest BCUT2D eigenvalue weighted by Crippen LogP contribution is -2.26. The number of benzene rings is 3. The number of aromatic nitrogens is 1. The van der Waals surface area contributed by atoms with Crippen molar-refractivity contribution in [1.29, 1.82) is 0 Å². The van der Waals surface area contributed by atoms with E-state index in [1.807, 2.05) is 47.8 Å². The van der Waals surface area contributed by atoms with Crippen LogP contribution in [0.1, 0.15) is 22.3 Å². The third-order valence-corrected chi connectivity index (χ3v) is 7.58. The molecule has 0 atom stereocenters. The standard InChI is InChI=1S/C26H20Cl2IN3O3S/c27-21-10-5-18(13-22(21)28)23-15-36-26(31-23)32(20-8-6-19(29)7-9-20)14-16-1-3-17(4-2-16)25(35)30-12-11-24(33)34/h1-10,13,15H,11-12,14H2,(H,30,35)(H,33,34). The third-order valence-electron chi connectivity index (χ3n) is 5.26. The van der Waals surface area contributed by atoms with Crippen LogP contribution in [-0.4, -0.2) is 28.5 Å². The Kier molecular flexibility index (Phi) is 8.84. The summed E-state index contributed by atoms with van der Waals surface area (Å²) in [6.07, 6.45) is -0.118. The van der Waals surface area contributed by atoms with Crippen molar-refractivity contribution < 1.29 is 14.7 Å². The van der Waals surface area contributed by atoms with Gasteiger partial charge in [-0.05, 0) is 76.7 Å². The molecule has 10 heteroatoms. The van der Waals surface area contributed by atoms with Crippen LogP contribution in [-0.2, 0) is 11.3 Å². The fourth-order valence-electron chi connectivity index (χ4n) is 3.40. The van der Waals surface area contributed by atoms with Crippen LogP contribution in [0.2, 0.25) is 10.0 Å². The molecule has 0 aliphatic carbocycles. The van der Waals surface area contributed by atoms with Gasteiger partial charge in [-0.1, -0.05) is 41.4 Å². The summed E-state index contributed by atoms with van der Waals surface area (Å²) < 4.78 is 1.13. The van der Waals surface area contributed by atoms with E-state index in [1.54, 1.807) is 24.3 Å². The van der Waals surface area contributed by atoms with Crippen LogP contribution < -0.4 is 10.2 Å². The molecule has 0 spiro atoms. The van der Waals surface area contributed by atoms with Crippen LogP contribution in [0, 0.1) is 3.57 Å².